The van der Waals surface area contributed by atoms with Crippen LogP contribution < -0.4 is 15.5 Å². The van der Waals surface area contributed by atoms with Crippen molar-refractivity contribution < 1.29 is 19.1 Å². The van der Waals surface area contributed by atoms with E-state index in [1.807, 2.05) is 91.0 Å². The lowest BCUT2D eigenvalue weighted by Gasteiger charge is -2.23. The van der Waals surface area contributed by atoms with Gasteiger partial charge in [-0.15, -0.1) is 0 Å². The number of rotatable bonds is 6. The van der Waals surface area contributed by atoms with E-state index in [2.05, 4.69) is 10.6 Å². The summed E-state index contributed by atoms with van der Waals surface area (Å²) in [5.41, 5.74) is 2.60. The maximum Gasteiger partial charge on any atom is 0.337 e. The number of nitrogens with zero attached hydrogens (tertiary/aromatic N) is 1. The molecule has 0 heterocycles. The van der Waals surface area contributed by atoms with Crippen molar-refractivity contribution in [3.63, 3.8) is 0 Å². The van der Waals surface area contributed by atoms with Crippen molar-refractivity contribution in [3.05, 3.63) is 132 Å². The van der Waals surface area contributed by atoms with Crippen LogP contribution in [0.4, 0.5) is 27.5 Å². The molecular formula is C32H25N3O4. The average molecular weight is 516 g/mol. The van der Waals surface area contributed by atoms with Crippen LogP contribution >= 0.6 is 0 Å². The number of hydrogen-bond acceptors (Lipinski definition) is 4. The number of para-hydroxylation sites is 2. The Kier molecular flexibility index (Phi) is 7.32. The topological polar surface area (TPSA) is 87.7 Å². The van der Waals surface area contributed by atoms with E-state index in [-0.39, 0.29) is 11.5 Å². The van der Waals surface area contributed by atoms with Crippen LogP contribution in [0, 0.1) is 0 Å². The SMILES string of the molecule is COC(=O)c1cc(NC(=O)c2ccc3ccccc3c2)cc(NC(=O)N(c2ccccc2)c2ccccc2)c1. The molecule has 5 aromatic rings. The summed E-state index contributed by atoms with van der Waals surface area (Å²) < 4.78 is 4.90. The Morgan fingerprint density at radius 3 is 1.77 bits per heavy atom. The number of anilines is 4. The molecule has 0 aromatic heterocycles. The Labute approximate surface area is 225 Å². The number of amides is 3. The van der Waals surface area contributed by atoms with Crippen LogP contribution in [0.1, 0.15) is 20.7 Å². The standard InChI is InChI=1S/C32H25N3O4/c1-39-31(37)25-19-26(33-30(36)24-17-16-22-10-8-9-11-23(22)18-24)21-27(20-25)34-32(38)35(28-12-4-2-5-13-28)29-14-6-3-7-15-29/h2-21H,1H3,(H,33,36)(H,34,38). The van der Waals surface area contributed by atoms with Crippen molar-refractivity contribution in [2.75, 3.05) is 22.6 Å². The van der Waals surface area contributed by atoms with E-state index in [0.29, 0.717) is 28.3 Å². The fourth-order valence-electron chi connectivity index (χ4n) is 4.26. The van der Waals surface area contributed by atoms with Gasteiger partial charge >= 0.3 is 12.0 Å². The van der Waals surface area contributed by atoms with E-state index >= 15 is 0 Å². The molecule has 0 bridgehead atoms. The Balaban J connectivity index is 1.45. The predicted molar refractivity (Wildman–Crippen MR) is 154 cm³/mol. The molecule has 0 aliphatic carbocycles. The highest BCUT2D eigenvalue weighted by molar-refractivity contribution is 6.09. The molecule has 0 saturated heterocycles. The zero-order valence-electron chi connectivity index (χ0n) is 21.1. The van der Waals surface area contributed by atoms with E-state index in [4.69, 9.17) is 4.74 Å². The molecule has 0 aliphatic rings. The van der Waals surface area contributed by atoms with E-state index < -0.39 is 12.0 Å². The maximum atomic E-state index is 13.6. The number of nitrogens with one attached hydrogen (secondary N) is 2. The lowest BCUT2D eigenvalue weighted by atomic mass is 10.1. The second kappa shape index (κ2) is 11.3. The summed E-state index contributed by atoms with van der Waals surface area (Å²) in [6.07, 6.45) is 0. The van der Waals surface area contributed by atoms with Crippen LogP contribution in [0.5, 0.6) is 0 Å². The molecule has 39 heavy (non-hydrogen) atoms. The third kappa shape index (κ3) is 5.78. The van der Waals surface area contributed by atoms with Crippen molar-refractivity contribution in [3.8, 4) is 0 Å². The largest absolute Gasteiger partial charge is 0.465 e. The molecule has 7 nitrogen and oxygen atoms in total. The van der Waals surface area contributed by atoms with Gasteiger partial charge in [-0.05, 0) is 65.4 Å². The maximum absolute atomic E-state index is 13.6. The van der Waals surface area contributed by atoms with Crippen LogP contribution in [-0.2, 0) is 4.74 Å². The Hall–Kier alpha value is -5.43. The lowest BCUT2D eigenvalue weighted by molar-refractivity contribution is 0.0600. The number of esters is 1. The Morgan fingerprint density at radius 2 is 1.15 bits per heavy atom. The highest BCUT2D eigenvalue weighted by atomic mass is 16.5. The van der Waals surface area contributed by atoms with Crippen LogP contribution in [-0.4, -0.2) is 25.0 Å². The predicted octanol–water partition coefficient (Wildman–Crippen LogP) is 7.25. The van der Waals surface area contributed by atoms with Gasteiger partial charge in [-0.3, -0.25) is 9.69 Å². The summed E-state index contributed by atoms with van der Waals surface area (Å²) in [5, 5.41) is 7.66. The minimum atomic E-state index is -0.602. The second-order valence-electron chi connectivity index (χ2n) is 8.74. The molecule has 0 spiro atoms. The summed E-state index contributed by atoms with van der Waals surface area (Å²) in [6, 6.07) is 35.8. The number of ether oxygens (including phenoxy) is 1. The van der Waals surface area contributed by atoms with E-state index in [1.54, 1.807) is 18.2 Å². The molecule has 0 atom stereocenters. The number of carbonyl (C=O) groups excluding carboxylic acids is 3. The van der Waals surface area contributed by atoms with Crippen molar-refractivity contribution in [1.29, 1.82) is 0 Å². The Morgan fingerprint density at radius 1 is 0.590 bits per heavy atom. The monoisotopic (exact) mass is 515 g/mol. The third-order valence-electron chi connectivity index (χ3n) is 6.11. The molecule has 192 valence electrons. The molecule has 5 rings (SSSR count). The molecule has 7 heteroatoms. The highest BCUT2D eigenvalue weighted by Gasteiger charge is 2.20. The van der Waals surface area contributed by atoms with E-state index in [1.165, 1.54) is 24.1 Å². The van der Waals surface area contributed by atoms with Gasteiger partial charge in [0.1, 0.15) is 0 Å². The fourth-order valence-corrected chi connectivity index (χ4v) is 4.26. The van der Waals surface area contributed by atoms with Gasteiger partial charge in [0.15, 0.2) is 0 Å². The summed E-state index contributed by atoms with van der Waals surface area (Å²) in [7, 11) is 1.27. The Bertz CT molecular complexity index is 1610. The van der Waals surface area contributed by atoms with Crippen LogP contribution in [0.15, 0.2) is 121 Å². The minimum Gasteiger partial charge on any atom is -0.465 e. The normalized spacial score (nSPS) is 10.5. The van der Waals surface area contributed by atoms with Gasteiger partial charge in [0.05, 0.1) is 24.0 Å². The molecule has 0 saturated carbocycles. The van der Waals surface area contributed by atoms with E-state index in [0.717, 1.165) is 10.8 Å². The highest BCUT2D eigenvalue weighted by Crippen LogP contribution is 2.28. The quantitative estimate of drug-likeness (QED) is 0.233. The number of carbonyl (C=O) groups is 3. The summed E-state index contributed by atoms with van der Waals surface area (Å²) in [5.74, 6) is -0.953. The van der Waals surface area contributed by atoms with Crippen molar-refractivity contribution in [2.45, 2.75) is 0 Å². The van der Waals surface area contributed by atoms with Gasteiger partial charge in [0.25, 0.3) is 5.91 Å². The van der Waals surface area contributed by atoms with Gasteiger partial charge in [0, 0.05) is 16.9 Å². The molecule has 2 N–H and O–H groups in total. The summed E-state index contributed by atoms with van der Waals surface area (Å²) in [6.45, 7) is 0. The second-order valence-corrected chi connectivity index (χ2v) is 8.74. The third-order valence-corrected chi connectivity index (χ3v) is 6.11. The molecule has 0 radical (unpaired) electrons. The first-order valence-electron chi connectivity index (χ1n) is 12.3. The van der Waals surface area contributed by atoms with Gasteiger partial charge < -0.3 is 15.4 Å². The van der Waals surface area contributed by atoms with Crippen molar-refractivity contribution in [1.82, 2.24) is 0 Å². The van der Waals surface area contributed by atoms with Crippen LogP contribution in [0.2, 0.25) is 0 Å². The number of benzene rings is 5. The summed E-state index contributed by atoms with van der Waals surface area (Å²) >= 11 is 0. The zero-order valence-corrected chi connectivity index (χ0v) is 21.1. The smallest absolute Gasteiger partial charge is 0.337 e. The summed E-state index contributed by atoms with van der Waals surface area (Å²) in [4.78, 5) is 40.6. The molecular weight excluding hydrogens is 490 g/mol. The van der Waals surface area contributed by atoms with Gasteiger partial charge in [0.2, 0.25) is 0 Å². The number of urea groups is 1. The molecule has 5 aromatic carbocycles. The number of methoxy groups -OCH3 is 1. The molecule has 0 unspecified atom stereocenters. The molecule has 3 amide bonds. The van der Waals surface area contributed by atoms with Gasteiger partial charge in [-0.2, -0.15) is 0 Å². The van der Waals surface area contributed by atoms with Crippen LogP contribution in [0.3, 0.4) is 0 Å². The molecule has 0 fully saturated rings. The zero-order chi connectivity index (χ0) is 27.2. The first-order valence-corrected chi connectivity index (χ1v) is 12.3. The van der Waals surface area contributed by atoms with Gasteiger partial charge in [-0.1, -0.05) is 66.7 Å². The first kappa shape index (κ1) is 25.2. The van der Waals surface area contributed by atoms with Gasteiger partial charge in [-0.25, -0.2) is 9.59 Å². The number of fused-ring (bicyclic) bond motifs is 1. The first-order chi connectivity index (χ1) is 19.0. The van der Waals surface area contributed by atoms with Crippen LogP contribution in [0.25, 0.3) is 10.8 Å². The molecule has 0 aliphatic heterocycles. The lowest BCUT2D eigenvalue weighted by Crippen LogP contribution is -2.30. The number of hydrogen-bond donors (Lipinski definition) is 2. The van der Waals surface area contributed by atoms with Crippen molar-refractivity contribution >= 4 is 51.4 Å². The fraction of sp³-hybridized carbons (Fsp3) is 0.0312. The average Bonchev–Trinajstić information content (AvgIpc) is 2.97. The minimum absolute atomic E-state index is 0.176. The van der Waals surface area contributed by atoms with E-state index in [9.17, 15) is 14.4 Å². The van der Waals surface area contributed by atoms with Crippen molar-refractivity contribution in [2.24, 2.45) is 0 Å².